The van der Waals surface area contributed by atoms with Crippen molar-refractivity contribution in [2.24, 2.45) is 0 Å². The molecule has 1 heteroatoms. The van der Waals surface area contributed by atoms with E-state index in [1.54, 1.807) is 0 Å². The highest BCUT2D eigenvalue weighted by molar-refractivity contribution is 4.86. The normalized spacial score (nSPS) is 21.6. The average molecular weight is 143 g/mol. The summed E-state index contributed by atoms with van der Waals surface area (Å²) in [5, 5.41) is 3.34. The zero-order valence-electron chi connectivity index (χ0n) is 7.83. The van der Waals surface area contributed by atoms with E-state index < -0.39 is 0 Å². The predicted octanol–water partition coefficient (Wildman–Crippen LogP) is 2.56. The summed E-state index contributed by atoms with van der Waals surface area (Å²) in [7, 11) is 2.06. The van der Waals surface area contributed by atoms with E-state index in [-0.39, 0.29) is 0 Å². The Balaban J connectivity index is 0.000000371. The molecule has 0 aromatic carbocycles. The van der Waals surface area contributed by atoms with E-state index >= 15 is 0 Å². The van der Waals surface area contributed by atoms with Gasteiger partial charge in [0.15, 0.2) is 0 Å². The Labute approximate surface area is 65.2 Å². The molecule has 0 heterocycles. The van der Waals surface area contributed by atoms with Crippen molar-refractivity contribution in [1.82, 2.24) is 5.32 Å². The summed E-state index contributed by atoms with van der Waals surface area (Å²) < 4.78 is 0. The molecule has 0 spiro atoms. The minimum absolute atomic E-state index is 0.486. The highest BCUT2D eigenvalue weighted by atomic mass is 14.9. The first-order valence-electron chi connectivity index (χ1n) is 4.46. The molecule has 0 aromatic rings. The summed E-state index contributed by atoms with van der Waals surface area (Å²) in [6.07, 6.45) is 5.56. The molecule has 1 aliphatic rings. The van der Waals surface area contributed by atoms with E-state index in [1.807, 2.05) is 13.8 Å². The number of hydrogen-bond acceptors (Lipinski definition) is 1. The molecule has 1 saturated carbocycles. The van der Waals surface area contributed by atoms with E-state index in [2.05, 4.69) is 19.3 Å². The maximum atomic E-state index is 3.34. The molecule has 0 aliphatic heterocycles. The number of nitrogens with one attached hydrogen (secondary N) is 1. The van der Waals surface area contributed by atoms with Crippen LogP contribution in [0.25, 0.3) is 0 Å². The van der Waals surface area contributed by atoms with Crippen molar-refractivity contribution in [1.29, 1.82) is 0 Å². The van der Waals surface area contributed by atoms with Gasteiger partial charge in [0.25, 0.3) is 0 Å². The van der Waals surface area contributed by atoms with Crippen LogP contribution in [-0.4, -0.2) is 12.6 Å². The van der Waals surface area contributed by atoms with Gasteiger partial charge in [-0.15, -0.1) is 0 Å². The molecule has 0 bridgehead atoms. The third kappa shape index (κ3) is 2.70. The van der Waals surface area contributed by atoms with Gasteiger partial charge in [-0.1, -0.05) is 26.7 Å². The van der Waals surface area contributed by atoms with Gasteiger partial charge in [0.1, 0.15) is 0 Å². The van der Waals surface area contributed by atoms with Gasteiger partial charge in [0.05, 0.1) is 0 Å². The topological polar surface area (TPSA) is 12.0 Å². The summed E-state index contributed by atoms with van der Waals surface area (Å²) in [5.41, 5.74) is 0.486. The van der Waals surface area contributed by atoms with E-state index in [0.717, 1.165) is 0 Å². The number of rotatable bonds is 1. The quantitative estimate of drug-likeness (QED) is 0.595. The first kappa shape index (κ1) is 9.96. The monoisotopic (exact) mass is 143 g/mol. The molecule has 0 aromatic heterocycles. The SMILES string of the molecule is CC.CNC1(C)CCCC1. The Kier molecular flexibility index (Phi) is 4.71. The van der Waals surface area contributed by atoms with E-state index in [9.17, 15) is 0 Å². The van der Waals surface area contributed by atoms with Crippen molar-refractivity contribution in [2.75, 3.05) is 7.05 Å². The Morgan fingerprint density at radius 2 is 1.50 bits per heavy atom. The van der Waals surface area contributed by atoms with E-state index in [1.165, 1.54) is 25.7 Å². The van der Waals surface area contributed by atoms with Crippen LogP contribution in [0.5, 0.6) is 0 Å². The second-order valence-electron chi connectivity index (χ2n) is 3.02. The minimum atomic E-state index is 0.486. The lowest BCUT2D eigenvalue weighted by atomic mass is 10.0. The van der Waals surface area contributed by atoms with Gasteiger partial charge >= 0.3 is 0 Å². The molecule has 0 saturated heterocycles. The van der Waals surface area contributed by atoms with Crippen molar-refractivity contribution in [3.63, 3.8) is 0 Å². The van der Waals surface area contributed by atoms with Crippen LogP contribution in [0.1, 0.15) is 46.5 Å². The van der Waals surface area contributed by atoms with Gasteiger partial charge in [-0.2, -0.15) is 0 Å². The van der Waals surface area contributed by atoms with Crippen LogP contribution in [0.4, 0.5) is 0 Å². The lowest BCUT2D eigenvalue weighted by molar-refractivity contribution is 0.398. The largest absolute Gasteiger partial charge is 0.315 e. The van der Waals surface area contributed by atoms with Gasteiger partial charge in [-0.3, -0.25) is 0 Å². The summed E-state index contributed by atoms with van der Waals surface area (Å²) >= 11 is 0. The van der Waals surface area contributed by atoms with Crippen molar-refractivity contribution in [2.45, 2.75) is 52.0 Å². The molecular formula is C9H21N. The van der Waals surface area contributed by atoms with Crippen molar-refractivity contribution >= 4 is 0 Å². The molecule has 0 atom stereocenters. The van der Waals surface area contributed by atoms with Gasteiger partial charge < -0.3 is 5.32 Å². The van der Waals surface area contributed by atoms with Crippen LogP contribution < -0.4 is 5.32 Å². The fourth-order valence-corrected chi connectivity index (χ4v) is 1.41. The Bertz CT molecular complexity index is 72.8. The molecule has 0 amide bonds. The van der Waals surface area contributed by atoms with Crippen LogP contribution in [0, 0.1) is 0 Å². The van der Waals surface area contributed by atoms with Crippen molar-refractivity contribution < 1.29 is 0 Å². The van der Waals surface area contributed by atoms with Gasteiger partial charge in [0, 0.05) is 5.54 Å². The number of hydrogen-bond donors (Lipinski definition) is 1. The van der Waals surface area contributed by atoms with E-state index in [4.69, 9.17) is 0 Å². The summed E-state index contributed by atoms with van der Waals surface area (Å²) in [6, 6.07) is 0. The zero-order chi connectivity index (χ0) is 8.04. The zero-order valence-corrected chi connectivity index (χ0v) is 7.83. The minimum Gasteiger partial charge on any atom is -0.315 e. The molecule has 1 fully saturated rings. The third-order valence-corrected chi connectivity index (χ3v) is 2.31. The maximum Gasteiger partial charge on any atom is 0.0150 e. The van der Waals surface area contributed by atoms with E-state index in [0.29, 0.717) is 5.54 Å². The Hall–Kier alpha value is -0.0400. The van der Waals surface area contributed by atoms with Crippen LogP contribution in [0.2, 0.25) is 0 Å². The molecule has 1 nitrogen and oxygen atoms in total. The second kappa shape index (κ2) is 4.73. The summed E-state index contributed by atoms with van der Waals surface area (Å²) in [6.45, 7) is 6.31. The smallest absolute Gasteiger partial charge is 0.0150 e. The van der Waals surface area contributed by atoms with Crippen LogP contribution in [0.15, 0.2) is 0 Å². The molecule has 0 radical (unpaired) electrons. The fourth-order valence-electron chi connectivity index (χ4n) is 1.41. The average Bonchev–Trinajstić information content (AvgIpc) is 2.42. The first-order chi connectivity index (χ1) is 4.77. The molecule has 1 N–H and O–H groups in total. The van der Waals surface area contributed by atoms with Crippen LogP contribution >= 0.6 is 0 Å². The summed E-state index contributed by atoms with van der Waals surface area (Å²) in [5.74, 6) is 0. The molecular weight excluding hydrogens is 122 g/mol. The molecule has 0 unspecified atom stereocenters. The van der Waals surface area contributed by atoms with Crippen molar-refractivity contribution in [3.05, 3.63) is 0 Å². The molecule has 1 aliphatic carbocycles. The summed E-state index contributed by atoms with van der Waals surface area (Å²) in [4.78, 5) is 0. The van der Waals surface area contributed by atoms with Crippen LogP contribution in [-0.2, 0) is 0 Å². The van der Waals surface area contributed by atoms with Gasteiger partial charge in [-0.25, -0.2) is 0 Å². The highest BCUT2D eigenvalue weighted by Gasteiger charge is 2.25. The highest BCUT2D eigenvalue weighted by Crippen LogP contribution is 2.27. The van der Waals surface area contributed by atoms with Crippen molar-refractivity contribution in [3.8, 4) is 0 Å². The Morgan fingerprint density at radius 3 is 1.70 bits per heavy atom. The first-order valence-corrected chi connectivity index (χ1v) is 4.46. The molecule has 62 valence electrons. The Morgan fingerprint density at radius 1 is 1.10 bits per heavy atom. The lowest BCUT2D eigenvalue weighted by Gasteiger charge is -2.21. The predicted molar refractivity (Wildman–Crippen MR) is 47.3 cm³/mol. The fraction of sp³-hybridized carbons (Fsp3) is 1.00. The lowest BCUT2D eigenvalue weighted by Crippen LogP contribution is -2.35. The molecule has 1 rings (SSSR count). The van der Waals surface area contributed by atoms with Crippen LogP contribution in [0.3, 0.4) is 0 Å². The molecule has 10 heavy (non-hydrogen) atoms. The maximum absolute atomic E-state index is 3.34. The van der Waals surface area contributed by atoms with Gasteiger partial charge in [0.2, 0.25) is 0 Å². The standard InChI is InChI=1S/C7H15N.C2H6/c1-7(8-2)5-3-4-6-7;1-2/h8H,3-6H2,1-2H3;1-2H3. The third-order valence-electron chi connectivity index (χ3n) is 2.31. The second-order valence-corrected chi connectivity index (χ2v) is 3.02. The van der Waals surface area contributed by atoms with Gasteiger partial charge in [-0.05, 0) is 26.8 Å².